The molecule has 172 valence electrons. The minimum absolute atomic E-state index is 0. The summed E-state index contributed by atoms with van der Waals surface area (Å²) in [6, 6.07) is 21.6. The highest BCUT2D eigenvalue weighted by Gasteiger charge is 2.09. The average Bonchev–Trinajstić information content (AvgIpc) is 3.28. The standard InChI is InChI=1S/C23H21ClFN5OS.ClH/c24-19-8-11-22(31-16-17-6-9-20(25)10-7-17)18(14-19)15-26-12-13-32-23-27-28-29-30(23)21-4-2-1-3-5-21;/h1-11,14,26H,12-13,15-16H2;1H. The second kappa shape index (κ2) is 12.6. The molecule has 0 amide bonds. The van der Waals surface area contributed by atoms with E-state index in [1.54, 1.807) is 34.6 Å². The van der Waals surface area contributed by atoms with Crippen molar-refractivity contribution in [2.75, 3.05) is 12.3 Å². The van der Waals surface area contributed by atoms with E-state index >= 15 is 0 Å². The van der Waals surface area contributed by atoms with Crippen LogP contribution in [0.1, 0.15) is 11.1 Å². The Morgan fingerprint density at radius 1 is 1.03 bits per heavy atom. The van der Waals surface area contributed by atoms with Crippen molar-refractivity contribution in [1.29, 1.82) is 0 Å². The van der Waals surface area contributed by atoms with Crippen LogP contribution in [-0.2, 0) is 13.2 Å². The third-order valence-corrected chi connectivity index (χ3v) is 5.75. The monoisotopic (exact) mass is 505 g/mol. The normalized spacial score (nSPS) is 10.6. The van der Waals surface area contributed by atoms with E-state index in [9.17, 15) is 4.39 Å². The van der Waals surface area contributed by atoms with Gasteiger partial charge in [0.25, 0.3) is 0 Å². The largest absolute Gasteiger partial charge is 0.489 e. The second-order valence-corrected chi connectivity index (χ2v) is 8.40. The number of nitrogens with zero attached hydrogens (tertiary/aromatic N) is 4. The van der Waals surface area contributed by atoms with Gasteiger partial charge in [-0.3, -0.25) is 0 Å². The Morgan fingerprint density at radius 2 is 1.82 bits per heavy atom. The lowest BCUT2D eigenvalue weighted by molar-refractivity contribution is 0.302. The molecular weight excluding hydrogens is 484 g/mol. The lowest BCUT2D eigenvalue weighted by Crippen LogP contribution is -2.17. The highest BCUT2D eigenvalue weighted by Crippen LogP contribution is 2.24. The van der Waals surface area contributed by atoms with E-state index in [1.165, 1.54) is 12.1 Å². The molecule has 0 radical (unpaired) electrons. The maximum atomic E-state index is 13.1. The zero-order valence-electron chi connectivity index (χ0n) is 17.5. The number of benzene rings is 3. The first-order valence-corrected chi connectivity index (χ1v) is 11.4. The Balaban J connectivity index is 0.00000306. The van der Waals surface area contributed by atoms with Crippen molar-refractivity contribution in [3.8, 4) is 11.4 Å². The van der Waals surface area contributed by atoms with Crippen LogP contribution in [0.25, 0.3) is 5.69 Å². The molecule has 0 aliphatic heterocycles. The number of nitrogens with one attached hydrogen (secondary N) is 1. The average molecular weight is 506 g/mol. The summed E-state index contributed by atoms with van der Waals surface area (Å²) in [6.45, 7) is 1.70. The zero-order valence-corrected chi connectivity index (χ0v) is 19.9. The molecule has 0 spiro atoms. The van der Waals surface area contributed by atoms with Gasteiger partial charge in [0.15, 0.2) is 0 Å². The molecule has 0 unspecified atom stereocenters. The van der Waals surface area contributed by atoms with Crippen molar-refractivity contribution in [2.45, 2.75) is 18.3 Å². The number of hydrogen-bond donors (Lipinski definition) is 1. The molecular formula is C23H22Cl2FN5OS. The van der Waals surface area contributed by atoms with Crippen LogP contribution in [0.4, 0.5) is 4.39 Å². The highest BCUT2D eigenvalue weighted by atomic mass is 35.5. The molecule has 4 aromatic rings. The number of para-hydroxylation sites is 1. The van der Waals surface area contributed by atoms with Gasteiger partial charge >= 0.3 is 0 Å². The summed E-state index contributed by atoms with van der Waals surface area (Å²) in [6.07, 6.45) is 0. The molecule has 0 atom stereocenters. The van der Waals surface area contributed by atoms with Crippen LogP contribution in [-0.4, -0.2) is 32.5 Å². The van der Waals surface area contributed by atoms with Crippen molar-refractivity contribution < 1.29 is 9.13 Å². The summed E-state index contributed by atoms with van der Waals surface area (Å²) >= 11 is 7.76. The molecule has 0 bridgehead atoms. The fraction of sp³-hybridized carbons (Fsp3) is 0.174. The van der Waals surface area contributed by atoms with E-state index in [0.29, 0.717) is 18.2 Å². The number of rotatable bonds is 10. The lowest BCUT2D eigenvalue weighted by Gasteiger charge is -2.13. The Morgan fingerprint density at radius 3 is 2.61 bits per heavy atom. The van der Waals surface area contributed by atoms with Crippen molar-refractivity contribution in [3.63, 3.8) is 0 Å². The van der Waals surface area contributed by atoms with Crippen LogP contribution in [0.2, 0.25) is 5.02 Å². The molecule has 1 aromatic heterocycles. The van der Waals surface area contributed by atoms with E-state index in [-0.39, 0.29) is 18.2 Å². The first-order chi connectivity index (χ1) is 15.7. The first kappa shape index (κ1) is 25.0. The third kappa shape index (κ3) is 7.17. The van der Waals surface area contributed by atoms with Gasteiger partial charge in [-0.25, -0.2) is 4.39 Å². The molecule has 6 nitrogen and oxygen atoms in total. The fourth-order valence-electron chi connectivity index (χ4n) is 3.01. The first-order valence-electron chi connectivity index (χ1n) is 10.0. The summed E-state index contributed by atoms with van der Waals surface area (Å²) in [5.74, 6) is 1.27. The zero-order chi connectivity index (χ0) is 22.2. The third-order valence-electron chi connectivity index (χ3n) is 4.60. The molecule has 0 aliphatic carbocycles. The fourth-order valence-corrected chi connectivity index (χ4v) is 3.99. The number of ether oxygens (including phenoxy) is 1. The van der Waals surface area contributed by atoms with Gasteiger partial charge in [0.05, 0.1) is 5.69 Å². The van der Waals surface area contributed by atoms with Crippen LogP contribution in [0, 0.1) is 5.82 Å². The van der Waals surface area contributed by atoms with Crippen LogP contribution in [0.15, 0.2) is 78.0 Å². The number of tetrazole rings is 1. The Hall–Kier alpha value is -2.65. The highest BCUT2D eigenvalue weighted by molar-refractivity contribution is 7.99. The van der Waals surface area contributed by atoms with Crippen molar-refractivity contribution in [3.05, 3.63) is 94.8 Å². The Labute approximate surface area is 206 Å². The van der Waals surface area contributed by atoms with Crippen LogP contribution in [0.5, 0.6) is 5.75 Å². The maximum absolute atomic E-state index is 13.1. The Bertz CT molecular complexity index is 1150. The second-order valence-electron chi connectivity index (χ2n) is 6.90. The lowest BCUT2D eigenvalue weighted by atomic mass is 10.2. The molecule has 0 fully saturated rings. The molecule has 0 saturated carbocycles. The van der Waals surface area contributed by atoms with Gasteiger partial charge in [-0.2, -0.15) is 4.68 Å². The predicted octanol–water partition coefficient (Wildman–Crippen LogP) is 5.34. The number of hydrogen-bond acceptors (Lipinski definition) is 6. The number of halogens is 3. The number of thioether (sulfide) groups is 1. The van der Waals surface area contributed by atoms with E-state index < -0.39 is 0 Å². The summed E-state index contributed by atoms with van der Waals surface area (Å²) < 4.78 is 20.7. The predicted molar refractivity (Wildman–Crippen MR) is 131 cm³/mol. The molecule has 0 aliphatic rings. The van der Waals surface area contributed by atoms with Gasteiger partial charge < -0.3 is 10.1 Å². The van der Waals surface area contributed by atoms with Crippen LogP contribution >= 0.6 is 35.8 Å². The molecule has 4 rings (SSSR count). The summed E-state index contributed by atoms with van der Waals surface area (Å²) in [7, 11) is 0. The minimum Gasteiger partial charge on any atom is -0.489 e. The molecule has 0 saturated heterocycles. The van der Waals surface area contributed by atoms with Gasteiger partial charge in [-0.15, -0.1) is 17.5 Å². The summed E-state index contributed by atoms with van der Waals surface area (Å²) in [5.41, 5.74) is 2.78. The minimum atomic E-state index is -0.263. The van der Waals surface area contributed by atoms with E-state index in [2.05, 4.69) is 20.8 Å². The Kier molecular flexibility index (Phi) is 9.50. The van der Waals surface area contributed by atoms with Crippen molar-refractivity contribution in [1.82, 2.24) is 25.5 Å². The molecule has 33 heavy (non-hydrogen) atoms. The quantitative estimate of drug-likeness (QED) is 0.232. The van der Waals surface area contributed by atoms with E-state index in [1.807, 2.05) is 42.5 Å². The summed E-state index contributed by atoms with van der Waals surface area (Å²) in [4.78, 5) is 0. The van der Waals surface area contributed by atoms with Gasteiger partial charge in [0, 0.05) is 29.4 Å². The summed E-state index contributed by atoms with van der Waals surface area (Å²) in [5, 5.41) is 16.8. The molecule has 3 aromatic carbocycles. The molecule has 1 heterocycles. The van der Waals surface area contributed by atoms with Crippen molar-refractivity contribution >= 4 is 35.8 Å². The van der Waals surface area contributed by atoms with E-state index in [0.717, 1.165) is 40.0 Å². The van der Waals surface area contributed by atoms with Gasteiger partial charge in [0.1, 0.15) is 18.2 Å². The van der Waals surface area contributed by atoms with Gasteiger partial charge in [-0.1, -0.05) is 53.7 Å². The number of aromatic nitrogens is 4. The van der Waals surface area contributed by atoms with Crippen LogP contribution in [0.3, 0.4) is 0 Å². The smallest absolute Gasteiger partial charge is 0.214 e. The van der Waals surface area contributed by atoms with E-state index in [4.69, 9.17) is 16.3 Å². The van der Waals surface area contributed by atoms with Gasteiger partial charge in [-0.05, 0) is 58.5 Å². The topological polar surface area (TPSA) is 64.9 Å². The van der Waals surface area contributed by atoms with Crippen LogP contribution < -0.4 is 10.1 Å². The van der Waals surface area contributed by atoms with Crippen molar-refractivity contribution in [2.24, 2.45) is 0 Å². The molecule has 10 heteroatoms. The maximum Gasteiger partial charge on any atom is 0.214 e. The SMILES string of the molecule is Cl.Fc1ccc(COc2ccc(Cl)cc2CNCCSc2nnnn2-c2ccccc2)cc1. The molecule has 1 N–H and O–H groups in total. The van der Waals surface area contributed by atoms with Gasteiger partial charge in [0.2, 0.25) is 5.16 Å².